The molecule has 3 aromatic rings. The van der Waals surface area contributed by atoms with Crippen molar-refractivity contribution in [3.63, 3.8) is 0 Å². The number of halogens is 1. The number of hydrogen-bond donors (Lipinski definition) is 2. The summed E-state index contributed by atoms with van der Waals surface area (Å²) < 4.78 is 0. The van der Waals surface area contributed by atoms with Crippen LogP contribution in [0.25, 0.3) is 11.1 Å². The van der Waals surface area contributed by atoms with E-state index in [9.17, 15) is 14.7 Å². The molecule has 1 aromatic heterocycles. The molecule has 27 heavy (non-hydrogen) atoms. The van der Waals surface area contributed by atoms with Crippen LogP contribution in [0.15, 0.2) is 67.0 Å². The Morgan fingerprint density at radius 2 is 1.85 bits per heavy atom. The van der Waals surface area contributed by atoms with Crippen LogP contribution in [0.4, 0.5) is 5.69 Å². The van der Waals surface area contributed by atoms with Crippen molar-refractivity contribution in [1.29, 1.82) is 0 Å². The number of pyridine rings is 1. The second-order valence-corrected chi connectivity index (χ2v) is 6.42. The number of rotatable bonds is 6. The largest absolute Gasteiger partial charge is 0.478 e. The van der Waals surface area contributed by atoms with Crippen molar-refractivity contribution in [3.05, 3.63) is 83.1 Å². The van der Waals surface area contributed by atoms with E-state index in [4.69, 9.17) is 11.6 Å². The van der Waals surface area contributed by atoms with Gasteiger partial charge in [-0.05, 0) is 47.4 Å². The van der Waals surface area contributed by atoms with Gasteiger partial charge >= 0.3 is 5.97 Å². The van der Waals surface area contributed by atoms with Crippen LogP contribution < -0.4 is 5.32 Å². The van der Waals surface area contributed by atoms with E-state index < -0.39 is 5.97 Å². The number of carbonyl (C=O) groups excluding carboxylic acids is 1. The van der Waals surface area contributed by atoms with Crippen LogP contribution in [-0.4, -0.2) is 22.0 Å². The van der Waals surface area contributed by atoms with Crippen LogP contribution >= 0.6 is 11.6 Å². The average Bonchev–Trinajstić information content (AvgIpc) is 2.67. The normalized spacial score (nSPS) is 10.4. The lowest BCUT2D eigenvalue weighted by Crippen LogP contribution is -2.15. The van der Waals surface area contributed by atoms with Gasteiger partial charge in [-0.15, -0.1) is 0 Å². The summed E-state index contributed by atoms with van der Waals surface area (Å²) >= 11 is 5.90. The van der Waals surface area contributed by atoms with E-state index >= 15 is 0 Å². The maximum atomic E-state index is 12.3. The molecule has 0 aliphatic carbocycles. The lowest BCUT2D eigenvalue weighted by Gasteiger charge is -2.09. The topological polar surface area (TPSA) is 79.3 Å². The number of aromatic carboxylic acids is 1. The smallest absolute Gasteiger partial charge is 0.337 e. The highest BCUT2D eigenvalue weighted by Gasteiger charge is 2.13. The molecule has 0 aliphatic heterocycles. The number of benzene rings is 2. The van der Waals surface area contributed by atoms with Gasteiger partial charge in [0.05, 0.1) is 11.3 Å². The molecule has 0 saturated heterocycles. The third-order valence-electron chi connectivity index (χ3n) is 4.05. The van der Waals surface area contributed by atoms with Crippen LogP contribution in [0.3, 0.4) is 0 Å². The molecule has 0 unspecified atom stereocenters. The molecule has 136 valence electrons. The fourth-order valence-electron chi connectivity index (χ4n) is 2.72. The van der Waals surface area contributed by atoms with Crippen LogP contribution in [0, 0.1) is 0 Å². The molecule has 2 aromatic carbocycles. The Labute approximate surface area is 161 Å². The van der Waals surface area contributed by atoms with Gasteiger partial charge in [0.2, 0.25) is 5.91 Å². The highest BCUT2D eigenvalue weighted by molar-refractivity contribution is 6.31. The summed E-state index contributed by atoms with van der Waals surface area (Å²) in [4.78, 5) is 27.7. The first kappa shape index (κ1) is 18.6. The Morgan fingerprint density at radius 3 is 2.59 bits per heavy atom. The van der Waals surface area contributed by atoms with Crippen LogP contribution in [-0.2, 0) is 11.2 Å². The van der Waals surface area contributed by atoms with E-state index in [0.29, 0.717) is 11.4 Å². The maximum absolute atomic E-state index is 12.3. The molecule has 0 aliphatic rings. The molecular formula is C21H17ClN2O3. The number of aryl methyl sites for hydroxylation is 1. The second kappa shape index (κ2) is 8.47. The minimum atomic E-state index is -1.12. The molecular weight excluding hydrogens is 364 g/mol. The Kier molecular flexibility index (Phi) is 5.84. The molecule has 2 N–H and O–H groups in total. The van der Waals surface area contributed by atoms with Gasteiger partial charge in [0, 0.05) is 23.8 Å². The van der Waals surface area contributed by atoms with Crippen molar-refractivity contribution in [2.24, 2.45) is 0 Å². The molecule has 5 nitrogen and oxygen atoms in total. The molecule has 0 radical (unpaired) electrons. The second-order valence-electron chi connectivity index (χ2n) is 5.99. The van der Waals surface area contributed by atoms with Crippen LogP contribution in [0.2, 0.25) is 5.02 Å². The molecule has 1 heterocycles. The molecule has 1 amide bonds. The van der Waals surface area contributed by atoms with Crippen LogP contribution in [0.1, 0.15) is 22.3 Å². The molecule has 3 rings (SSSR count). The van der Waals surface area contributed by atoms with Gasteiger partial charge < -0.3 is 10.4 Å². The minimum absolute atomic E-state index is 0.00586. The standard InChI is InChI=1S/C21H17ClN2O3/c22-17-7-8-18(21(26)27)19(12-17)24-20(25)9-6-14-3-1-4-15(11-14)16-5-2-10-23-13-16/h1-5,7-8,10-13H,6,9H2,(H,24,25)(H,26,27). The Morgan fingerprint density at radius 1 is 1.04 bits per heavy atom. The predicted octanol–water partition coefficient (Wildman–Crippen LogP) is 4.67. The van der Waals surface area contributed by atoms with Crippen LogP contribution in [0.5, 0.6) is 0 Å². The highest BCUT2D eigenvalue weighted by Crippen LogP contribution is 2.22. The molecule has 0 spiro atoms. The minimum Gasteiger partial charge on any atom is -0.478 e. The predicted molar refractivity (Wildman–Crippen MR) is 105 cm³/mol. The lowest BCUT2D eigenvalue weighted by atomic mass is 10.0. The number of nitrogens with one attached hydrogen (secondary N) is 1. The Balaban J connectivity index is 1.67. The number of carboxylic acids is 1. The van der Waals surface area contributed by atoms with E-state index in [-0.39, 0.29) is 23.6 Å². The Bertz CT molecular complexity index is 974. The monoisotopic (exact) mass is 380 g/mol. The summed E-state index contributed by atoms with van der Waals surface area (Å²) in [5.41, 5.74) is 3.25. The lowest BCUT2D eigenvalue weighted by molar-refractivity contribution is -0.116. The third kappa shape index (κ3) is 4.92. The maximum Gasteiger partial charge on any atom is 0.337 e. The molecule has 6 heteroatoms. The zero-order valence-electron chi connectivity index (χ0n) is 14.4. The number of amides is 1. The summed E-state index contributed by atoms with van der Waals surface area (Å²) in [7, 11) is 0. The zero-order valence-corrected chi connectivity index (χ0v) is 15.1. The first-order valence-electron chi connectivity index (χ1n) is 8.35. The SMILES string of the molecule is O=C(CCc1cccc(-c2cccnc2)c1)Nc1cc(Cl)ccc1C(=O)O. The number of nitrogens with zero attached hydrogens (tertiary/aromatic N) is 1. The van der Waals surface area contributed by atoms with Crippen molar-refractivity contribution in [2.45, 2.75) is 12.8 Å². The molecule has 0 bridgehead atoms. The van der Waals surface area contributed by atoms with E-state index in [1.807, 2.05) is 36.4 Å². The van der Waals surface area contributed by atoms with E-state index in [1.165, 1.54) is 18.2 Å². The number of aromatic nitrogens is 1. The molecule has 0 fully saturated rings. The van der Waals surface area contributed by atoms with Crippen molar-refractivity contribution < 1.29 is 14.7 Å². The van der Waals surface area contributed by atoms with Crippen molar-refractivity contribution in [2.75, 3.05) is 5.32 Å². The number of carbonyl (C=O) groups is 2. The van der Waals surface area contributed by atoms with Gasteiger partial charge in [-0.1, -0.05) is 41.9 Å². The molecule has 0 saturated carbocycles. The van der Waals surface area contributed by atoms with Gasteiger partial charge in [0.1, 0.15) is 0 Å². The van der Waals surface area contributed by atoms with Gasteiger partial charge in [-0.3, -0.25) is 9.78 Å². The fourth-order valence-corrected chi connectivity index (χ4v) is 2.89. The van der Waals surface area contributed by atoms with Gasteiger partial charge in [-0.25, -0.2) is 4.79 Å². The summed E-state index contributed by atoms with van der Waals surface area (Å²) in [6, 6.07) is 16.0. The highest BCUT2D eigenvalue weighted by atomic mass is 35.5. The summed E-state index contributed by atoms with van der Waals surface area (Å²) in [6.07, 6.45) is 4.27. The number of anilines is 1. The van der Waals surface area contributed by atoms with Gasteiger partial charge in [0.15, 0.2) is 0 Å². The van der Waals surface area contributed by atoms with Crippen molar-refractivity contribution in [1.82, 2.24) is 4.98 Å². The summed E-state index contributed by atoms with van der Waals surface area (Å²) in [5, 5.41) is 12.2. The van der Waals surface area contributed by atoms with E-state index in [2.05, 4.69) is 10.3 Å². The van der Waals surface area contributed by atoms with Crippen molar-refractivity contribution in [3.8, 4) is 11.1 Å². The zero-order chi connectivity index (χ0) is 19.2. The fraction of sp³-hybridized carbons (Fsp3) is 0.0952. The first-order chi connectivity index (χ1) is 13.0. The Hall–Kier alpha value is -3.18. The van der Waals surface area contributed by atoms with Gasteiger partial charge in [0.25, 0.3) is 0 Å². The number of hydrogen-bond acceptors (Lipinski definition) is 3. The summed E-state index contributed by atoms with van der Waals surface area (Å²) in [6.45, 7) is 0. The van der Waals surface area contributed by atoms with Gasteiger partial charge in [-0.2, -0.15) is 0 Å². The van der Waals surface area contributed by atoms with E-state index in [0.717, 1.165) is 16.7 Å². The summed E-state index contributed by atoms with van der Waals surface area (Å²) in [5.74, 6) is -1.39. The molecule has 0 atom stereocenters. The quantitative estimate of drug-likeness (QED) is 0.651. The van der Waals surface area contributed by atoms with E-state index in [1.54, 1.807) is 12.4 Å². The van der Waals surface area contributed by atoms with Crippen molar-refractivity contribution >= 4 is 29.2 Å². The first-order valence-corrected chi connectivity index (χ1v) is 8.73. The number of carboxylic acid groups (broad SMARTS) is 1. The average molecular weight is 381 g/mol. The third-order valence-corrected chi connectivity index (χ3v) is 4.28.